The minimum Gasteiger partial charge on any atom is -0.316 e. The van der Waals surface area contributed by atoms with Crippen molar-refractivity contribution in [1.82, 2.24) is 5.32 Å². The summed E-state index contributed by atoms with van der Waals surface area (Å²) in [6.45, 7) is 3.76. The van der Waals surface area contributed by atoms with Gasteiger partial charge in [0.15, 0.2) is 0 Å². The third kappa shape index (κ3) is 2.22. The summed E-state index contributed by atoms with van der Waals surface area (Å²) in [7, 11) is 1.74. The van der Waals surface area contributed by atoms with Crippen LogP contribution in [-0.4, -0.2) is 26.0 Å². The molecule has 1 aromatic carbocycles. The van der Waals surface area contributed by atoms with Gasteiger partial charge in [0.2, 0.25) is 5.91 Å². The largest absolute Gasteiger partial charge is 0.316 e. The van der Waals surface area contributed by atoms with E-state index in [4.69, 9.17) is 5.26 Å². The van der Waals surface area contributed by atoms with Crippen molar-refractivity contribution in [2.75, 3.05) is 25.0 Å². The van der Waals surface area contributed by atoms with Gasteiger partial charge in [0.05, 0.1) is 11.3 Å². The monoisotopic (exact) mass is 243 g/mol. The van der Waals surface area contributed by atoms with Gasteiger partial charge >= 0.3 is 0 Å². The Kier molecular flexibility index (Phi) is 3.63. The Morgan fingerprint density at radius 2 is 2.17 bits per heavy atom. The lowest BCUT2D eigenvalue weighted by atomic mass is 9.88. The van der Waals surface area contributed by atoms with Crippen LogP contribution < -0.4 is 10.2 Å². The molecule has 1 amide bonds. The van der Waals surface area contributed by atoms with E-state index in [1.807, 2.05) is 19.1 Å². The molecule has 1 saturated heterocycles. The summed E-state index contributed by atoms with van der Waals surface area (Å²) in [6, 6.07) is 9.31. The quantitative estimate of drug-likeness (QED) is 0.872. The molecule has 0 radical (unpaired) electrons. The fourth-order valence-corrected chi connectivity index (χ4v) is 2.15. The molecule has 1 N–H and O–H groups in total. The van der Waals surface area contributed by atoms with Crippen LogP contribution in [0.5, 0.6) is 0 Å². The number of nitrogens with one attached hydrogen (secondary N) is 1. The fraction of sp³-hybridized carbons (Fsp3) is 0.429. The summed E-state index contributed by atoms with van der Waals surface area (Å²) in [4.78, 5) is 13.9. The second-order valence-electron chi connectivity index (χ2n) is 4.73. The number of anilines is 1. The number of carbonyl (C=O) groups excluding carboxylic acids is 1. The van der Waals surface area contributed by atoms with Crippen LogP contribution in [0.15, 0.2) is 24.3 Å². The van der Waals surface area contributed by atoms with Crippen molar-refractivity contribution >= 4 is 11.6 Å². The molecule has 2 rings (SSSR count). The number of nitriles is 1. The molecular formula is C14H17N3O. The zero-order valence-corrected chi connectivity index (χ0v) is 10.7. The lowest BCUT2D eigenvalue weighted by molar-refractivity contribution is -0.123. The number of nitrogens with zero attached hydrogens (tertiary/aromatic N) is 2. The number of amides is 1. The number of carbonyl (C=O) groups is 1. The first kappa shape index (κ1) is 12.6. The van der Waals surface area contributed by atoms with Gasteiger partial charge in [-0.1, -0.05) is 19.1 Å². The molecule has 0 bridgehead atoms. The van der Waals surface area contributed by atoms with Crippen LogP contribution in [-0.2, 0) is 4.79 Å². The van der Waals surface area contributed by atoms with Crippen molar-refractivity contribution in [2.45, 2.75) is 6.92 Å². The van der Waals surface area contributed by atoms with Crippen molar-refractivity contribution in [1.29, 1.82) is 5.26 Å². The summed E-state index contributed by atoms with van der Waals surface area (Å²) in [5.41, 5.74) is 1.22. The molecule has 1 atom stereocenters. The van der Waals surface area contributed by atoms with E-state index in [0.29, 0.717) is 17.2 Å². The maximum absolute atomic E-state index is 12.3. The van der Waals surface area contributed by atoms with Gasteiger partial charge < -0.3 is 10.2 Å². The zero-order chi connectivity index (χ0) is 13.1. The first-order valence-electron chi connectivity index (χ1n) is 6.12. The van der Waals surface area contributed by atoms with Crippen molar-refractivity contribution < 1.29 is 4.79 Å². The number of benzene rings is 1. The van der Waals surface area contributed by atoms with Crippen LogP contribution in [0.4, 0.5) is 5.69 Å². The average Bonchev–Trinajstić information content (AvgIpc) is 2.34. The van der Waals surface area contributed by atoms with E-state index in [-0.39, 0.29) is 11.8 Å². The molecule has 4 nitrogen and oxygen atoms in total. The second kappa shape index (κ2) is 5.19. The maximum Gasteiger partial charge on any atom is 0.229 e. The maximum atomic E-state index is 12.3. The summed E-state index contributed by atoms with van der Waals surface area (Å²) < 4.78 is 0. The molecule has 4 heteroatoms. The molecule has 1 aliphatic heterocycles. The predicted molar refractivity (Wildman–Crippen MR) is 70.1 cm³/mol. The Labute approximate surface area is 107 Å². The standard InChI is InChI=1S/C14H17N3O/c1-10(12-8-16-9-12)14(18)17(2)13-6-4-3-5-11(13)7-15/h3-6,10,12,16H,8-9H2,1-2H3. The van der Waals surface area contributed by atoms with Crippen LogP contribution in [0.25, 0.3) is 0 Å². The second-order valence-corrected chi connectivity index (χ2v) is 4.73. The van der Waals surface area contributed by atoms with E-state index in [1.54, 1.807) is 24.1 Å². The van der Waals surface area contributed by atoms with Gasteiger partial charge in [-0.3, -0.25) is 4.79 Å². The Hall–Kier alpha value is -1.86. The van der Waals surface area contributed by atoms with Crippen LogP contribution in [0.1, 0.15) is 12.5 Å². The highest BCUT2D eigenvalue weighted by molar-refractivity contribution is 5.95. The van der Waals surface area contributed by atoms with E-state index in [0.717, 1.165) is 13.1 Å². The lowest BCUT2D eigenvalue weighted by Crippen LogP contribution is -2.50. The zero-order valence-electron chi connectivity index (χ0n) is 10.7. The van der Waals surface area contributed by atoms with Gasteiger partial charge in [-0.15, -0.1) is 0 Å². The topological polar surface area (TPSA) is 56.1 Å². The van der Waals surface area contributed by atoms with E-state index in [1.165, 1.54) is 0 Å². The summed E-state index contributed by atoms with van der Waals surface area (Å²) in [6.07, 6.45) is 0. The molecule has 18 heavy (non-hydrogen) atoms. The van der Waals surface area contributed by atoms with Gasteiger partial charge in [0, 0.05) is 13.0 Å². The highest BCUT2D eigenvalue weighted by Crippen LogP contribution is 2.23. The van der Waals surface area contributed by atoms with Gasteiger partial charge in [-0.2, -0.15) is 5.26 Å². The highest BCUT2D eigenvalue weighted by Gasteiger charge is 2.31. The molecule has 1 unspecified atom stereocenters. The van der Waals surface area contributed by atoms with Crippen molar-refractivity contribution in [3.05, 3.63) is 29.8 Å². The smallest absolute Gasteiger partial charge is 0.229 e. The minimum atomic E-state index is -0.0111. The number of hydrogen-bond donors (Lipinski definition) is 1. The third-order valence-electron chi connectivity index (χ3n) is 3.63. The molecule has 0 saturated carbocycles. The van der Waals surface area contributed by atoms with Crippen molar-refractivity contribution in [3.63, 3.8) is 0 Å². The molecule has 94 valence electrons. The first-order valence-corrected chi connectivity index (χ1v) is 6.12. The van der Waals surface area contributed by atoms with Crippen molar-refractivity contribution in [2.24, 2.45) is 11.8 Å². The lowest BCUT2D eigenvalue weighted by Gasteiger charge is -2.34. The molecule has 1 aliphatic rings. The molecule has 0 aromatic heterocycles. The van der Waals surface area contributed by atoms with E-state index in [9.17, 15) is 4.79 Å². The van der Waals surface area contributed by atoms with E-state index in [2.05, 4.69) is 11.4 Å². The average molecular weight is 243 g/mol. The number of rotatable bonds is 3. The minimum absolute atomic E-state index is 0.0111. The van der Waals surface area contributed by atoms with Crippen LogP contribution in [0.2, 0.25) is 0 Å². The van der Waals surface area contributed by atoms with Gasteiger partial charge in [-0.25, -0.2) is 0 Å². The Morgan fingerprint density at radius 1 is 1.50 bits per heavy atom. The van der Waals surface area contributed by atoms with E-state index >= 15 is 0 Å². The summed E-state index contributed by atoms with van der Waals surface area (Å²) in [5, 5.41) is 12.2. The first-order chi connectivity index (χ1) is 8.65. The molecule has 0 aliphatic carbocycles. The Morgan fingerprint density at radius 3 is 2.72 bits per heavy atom. The van der Waals surface area contributed by atoms with Crippen LogP contribution in [0, 0.1) is 23.2 Å². The Balaban J connectivity index is 2.17. The summed E-state index contributed by atoms with van der Waals surface area (Å²) >= 11 is 0. The fourth-order valence-electron chi connectivity index (χ4n) is 2.15. The summed E-state index contributed by atoms with van der Waals surface area (Å²) in [5.74, 6) is 0.474. The third-order valence-corrected chi connectivity index (χ3v) is 3.63. The van der Waals surface area contributed by atoms with Crippen molar-refractivity contribution in [3.8, 4) is 6.07 Å². The normalized spacial score (nSPS) is 16.5. The predicted octanol–water partition coefficient (Wildman–Crippen LogP) is 1.38. The van der Waals surface area contributed by atoms with Gasteiger partial charge in [0.25, 0.3) is 0 Å². The number of para-hydroxylation sites is 1. The molecule has 1 fully saturated rings. The molecule has 1 aromatic rings. The molecular weight excluding hydrogens is 226 g/mol. The van der Waals surface area contributed by atoms with Crippen LogP contribution in [0.3, 0.4) is 0 Å². The Bertz CT molecular complexity index is 488. The number of hydrogen-bond acceptors (Lipinski definition) is 3. The SMILES string of the molecule is CC(C(=O)N(C)c1ccccc1C#N)C1CNC1. The highest BCUT2D eigenvalue weighted by atomic mass is 16.2. The van der Waals surface area contributed by atoms with Gasteiger partial charge in [0.1, 0.15) is 6.07 Å². The van der Waals surface area contributed by atoms with Gasteiger partial charge in [-0.05, 0) is 31.1 Å². The van der Waals surface area contributed by atoms with E-state index < -0.39 is 0 Å². The van der Waals surface area contributed by atoms with Crippen LogP contribution >= 0.6 is 0 Å². The molecule has 1 heterocycles. The molecule has 0 spiro atoms.